The van der Waals surface area contributed by atoms with Crippen molar-refractivity contribution in [2.75, 3.05) is 0 Å². The fourth-order valence-corrected chi connectivity index (χ4v) is 1.89. The lowest BCUT2D eigenvalue weighted by molar-refractivity contribution is 0.517. The van der Waals surface area contributed by atoms with Crippen LogP contribution in [0.15, 0.2) is 49.0 Å². The Balaban J connectivity index is 2.18. The molecule has 0 aromatic heterocycles. The first kappa shape index (κ1) is 12.7. The first-order valence-electron chi connectivity index (χ1n) is 5.76. The standard InChI is InChI=1S/C16H15ClO/c1-11-4-7-14(8-5-11)13(3)18-16-9-6-12(2)10-15(16)17/h4-10H,3H2,1-2H3. The Labute approximate surface area is 113 Å². The molecule has 0 bridgehead atoms. The van der Waals surface area contributed by atoms with E-state index in [9.17, 15) is 0 Å². The number of ether oxygens (including phenoxy) is 1. The SMILES string of the molecule is C=C(Oc1ccc(C)cc1Cl)c1ccc(C)cc1. The van der Waals surface area contributed by atoms with Crippen LogP contribution in [0.1, 0.15) is 16.7 Å². The molecule has 2 rings (SSSR count). The van der Waals surface area contributed by atoms with Crippen LogP contribution in [-0.4, -0.2) is 0 Å². The fraction of sp³-hybridized carbons (Fsp3) is 0.125. The molecular weight excluding hydrogens is 244 g/mol. The van der Waals surface area contributed by atoms with Gasteiger partial charge in [0.1, 0.15) is 11.5 Å². The first-order valence-corrected chi connectivity index (χ1v) is 6.14. The zero-order valence-electron chi connectivity index (χ0n) is 10.5. The zero-order chi connectivity index (χ0) is 13.1. The zero-order valence-corrected chi connectivity index (χ0v) is 11.3. The van der Waals surface area contributed by atoms with Gasteiger partial charge in [0, 0.05) is 5.56 Å². The third-order valence-electron chi connectivity index (χ3n) is 2.69. The van der Waals surface area contributed by atoms with E-state index in [1.54, 1.807) is 0 Å². The van der Waals surface area contributed by atoms with E-state index < -0.39 is 0 Å². The number of hydrogen-bond donors (Lipinski definition) is 0. The van der Waals surface area contributed by atoms with Crippen molar-refractivity contribution in [2.24, 2.45) is 0 Å². The van der Waals surface area contributed by atoms with Crippen LogP contribution in [0.2, 0.25) is 5.02 Å². The Hall–Kier alpha value is -1.73. The average Bonchev–Trinajstić information content (AvgIpc) is 2.33. The number of rotatable bonds is 3. The van der Waals surface area contributed by atoms with Crippen LogP contribution >= 0.6 is 11.6 Å². The molecule has 0 saturated carbocycles. The topological polar surface area (TPSA) is 9.23 Å². The Bertz CT molecular complexity index is 570. The van der Waals surface area contributed by atoms with Crippen LogP contribution in [0, 0.1) is 13.8 Å². The van der Waals surface area contributed by atoms with Crippen LogP contribution in [0.3, 0.4) is 0 Å². The predicted molar refractivity (Wildman–Crippen MR) is 77.0 cm³/mol. The van der Waals surface area contributed by atoms with Gasteiger partial charge < -0.3 is 4.74 Å². The molecule has 0 aliphatic heterocycles. The first-order chi connectivity index (χ1) is 8.56. The number of halogens is 1. The summed E-state index contributed by atoms with van der Waals surface area (Å²) in [6.07, 6.45) is 0. The highest BCUT2D eigenvalue weighted by molar-refractivity contribution is 6.32. The second-order valence-corrected chi connectivity index (χ2v) is 4.73. The Morgan fingerprint density at radius 3 is 2.22 bits per heavy atom. The lowest BCUT2D eigenvalue weighted by Gasteiger charge is -2.11. The summed E-state index contributed by atoms with van der Waals surface area (Å²) >= 11 is 6.12. The summed E-state index contributed by atoms with van der Waals surface area (Å²) < 4.78 is 5.70. The van der Waals surface area contributed by atoms with Crippen molar-refractivity contribution in [1.82, 2.24) is 0 Å². The molecule has 0 unspecified atom stereocenters. The van der Waals surface area contributed by atoms with Crippen LogP contribution in [-0.2, 0) is 0 Å². The molecule has 0 N–H and O–H groups in total. The Kier molecular flexibility index (Phi) is 3.73. The minimum absolute atomic E-state index is 0.598. The molecule has 0 aliphatic carbocycles. The van der Waals surface area contributed by atoms with E-state index in [-0.39, 0.29) is 0 Å². The normalized spacial score (nSPS) is 10.2. The largest absolute Gasteiger partial charge is 0.456 e. The quantitative estimate of drug-likeness (QED) is 0.704. The summed E-state index contributed by atoms with van der Waals surface area (Å²) in [7, 11) is 0. The molecule has 0 radical (unpaired) electrons. The van der Waals surface area contributed by atoms with E-state index >= 15 is 0 Å². The maximum atomic E-state index is 6.12. The summed E-state index contributed by atoms with van der Waals surface area (Å²) in [6.45, 7) is 7.97. The van der Waals surface area contributed by atoms with Gasteiger partial charge in [0.25, 0.3) is 0 Å². The van der Waals surface area contributed by atoms with Gasteiger partial charge in [0.05, 0.1) is 5.02 Å². The van der Waals surface area contributed by atoms with Crippen LogP contribution in [0.4, 0.5) is 0 Å². The number of aryl methyl sites for hydroxylation is 2. The van der Waals surface area contributed by atoms with Crippen molar-refractivity contribution in [2.45, 2.75) is 13.8 Å². The molecule has 0 heterocycles. The summed E-state index contributed by atoms with van der Waals surface area (Å²) in [5.74, 6) is 1.23. The third kappa shape index (κ3) is 2.93. The minimum atomic E-state index is 0.598. The van der Waals surface area contributed by atoms with E-state index in [1.165, 1.54) is 5.56 Å². The third-order valence-corrected chi connectivity index (χ3v) is 2.99. The molecule has 2 heteroatoms. The van der Waals surface area contributed by atoms with E-state index in [0.717, 1.165) is 11.1 Å². The minimum Gasteiger partial charge on any atom is -0.456 e. The van der Waals surface area contributed by atoms with Crippen molar-refractivity contribution in [1.29, 1.82) is 0 Å². The van der Waals surface area contributed by atoms with Crippen LogP contribution < -0.4 is 4.74 Å². The molecule has 18 heavy (non-hydrogen) atoms. The molecule has 0 saturated heterocycles. The van der Waals surface area contributed by atoms with Gasteiger partial charge >= 0.3 is 0 Å². The van der Waals surface area contributed by atoms with Gasteiger partial charge in [-0.2, -0.15) is 0 Å². The molecule has 2 aromatic carbocycles. The fourth-order valence-electron chi connectivity index (χ4n) is 1.62. The van der Waals surface area contributed by atoms with Crippen molar-refractivity contribution in [3.05, 3.63) is 70.8 Å². The van der Waals surface area contributed by atoms with E-state index in [4.69, 9.17) is 16.3 Å². The van der Waals surface area contributed by atoms with Gasteiger partial charge in [-0.15, -0.1) is 0 Å². The van der Waals surface area contributed by atoms with Gasteiger partial charge in [0.15, 0.2) is 0 Å². The van der Waals surface area contributed by atoms with Crippen molar-refractivity contribution >= 4 is 17.4 Å². The van der Waals surface area contributed by atoms with E-state index in [0.29, 0.717) is 16.5 Å². The van der Waals surface area contributed by atoms with Gasteiger partial charge in [-0.1, -0.05) is 54.1 Å². The Morgan fingerprint density at radius 2 is 1.61 bits per heavy atom. The number of benzene rings is 2. The predicted octanol–water partition coefficient (Wildman–Crippen LogP) is 5.01. The molecule has 1 nitrogen and oxygen atoms in total. The van der Waals surface area contributed by atoms with E-state index in [2.05, 4.69) is 6.58 Å². The Morgan fingerprint density at radius 1 is 1.00 bits per heavy atom. The van der Waals surface area contributed by atoms with Crippen molar-refractivity contribution < 1.29 is 4.74 Å². The van der Waals surface area contributed by atoms with Gasteiger partial charge in [0.2, 0.25) is 0 Å². The summed E-state index contributed by atoms with van der Waals surface area (Å²) in [6, 6.07) is 13.7. The summed E-state index contributed by atoms with van der Waals surface area (Å²) in [4.78, 5) is 0. The van der Waals surface area contributed by atoms with Crippen LogP contribution in [0.25, 0.3) is 5.76 Å². The van der Waals surface area contributed by atoms with Gasteiger partial charge in [-0.05, 0) is 31.5 Å². The molecule has 2 aromatic rings. The molecule has 92 valence electrons. The van der Waals surface area contributed by atoms with Gasteiger partial charge in [-0.3, -0.25) is 0 Å². The monoisotopic (exact) mass is 258 g/mol. The molecule has 0 amide bonds. The highest BCUT2D eigenvalue weighted by Gasteiger charge is 2.05. The highest BCUT2D eigenvalue weighted by Crippen LogP contribution is 2.28. The van der Waals surface area contributed by atoms with E-state index in [1.807, 2.05) is 56.3 Å². The second kappa shape index (κ2) is 5.28. The average molecular weight is 259 g/mol. The maximum Gasteiger partial charge on any atom is 0.146 e. The molecule has 0 spiro atoms. The molecule has 0 atom stereocenters. The molecular formula is C16H15ClO. The smallest absolute Gasteiger partial charge is 0.146 e. The van der Waals surface area contributed by atoms with Crippen molar-refractivity contribution in [3.8, 4) is 5.75 Å². The van der Waals surface area contributed by atoms with Gasteiger partial charge in [-0.25, -0.2) is 0 Å². The molecule has 0 fully saturated rings. The lowest BCUT2D eigenvalue weighted by Crippen LogP contribution is -1.94. The summed E-state index contributed by atoms with van der Waals surface area (Å²) in [5, 5.41) is 0.600. The second-order valence-electron chi connectivity index (χ2n) is 4.33. The van der Waals surface area contributed by atoms with Crippen molar-refractivity contribution in [3.63, 3.8) is 0 Å². The van der Waals surface area contributed by atoms with Crippen LogP contribution in [0.5, 0.6) is 5.75 Å². The molecule has 0 aliphatic rings. The summed E-state index contributed by atoms with van der Waals surface area (Å²) in [5.41, 5.74) is 3.27. The lowest BCUT2D eigenvalue weighted by atomic mass is 10.1. The number of hydrogen-bond acceptors (Lipinski definition) is 1. The highest BCUT2D eigenvalue weighted by atomic mass is 35.5. The maximum absolute atomic E-state index is 6.12.